The Morgan fingerprint density at radius 3 is 2.73 bits per heavy atom. The number of hydrogen-bond donors (Lipinski definition) is 1. The van der Waals surface area contributed by atoms with Gasteiger partial charge < -0.3 is 15.0 Å². The normalized spacial score (nSPS) is 23.6. The summed E-state index contributed by atoms with van der Waals surface area (Å²) in [4.78, 5) is 26.9. The second kappa shape index (κ2) is 9.62. The number of ether oxygens (including phenoxy) is 1. The van der Waals surface area contributed by atoms with Gasteiger partial charge >= 0.3 is 0 Å². The molecule has 5 rings (SSSR count). The largest absolute Gasteiger partial charge is 0.378 e. The number of rotatable bonds is 6. The van der Waals surface area contributed by atoms with Crippen LogP contribution in [0.25, 0.3) is 0 Å². The highest BCUT2D eigenvalue weighted by molar-refractivity contribution is 6.02. The van der Waals surface area contributed by atoms with Crippen molar-refractivity contribution in [1.82, 2.24) is 20.3 Å². The van der Waals surface area contributed by atoms with Gasteiger partial charge in [-0.1, -0.05) is 18.2 Å². The van der Waals surface area contributed by atoms with Gasteiger partial charge in [0.05, 0.1) is 30.2 Å². The molecule has 2 atom stereocenters. The van der Waals surface area contributed by atoms with Gasteiger partial charge in [0, 0.05) is 45.9 Å². The highest BCUT2D eigenvalue weighted by atomic mass is 16.5. The Morgan fingerprint density at radius 2 is 1.97 bits per heavy atom. The van der Waals surface area contributed by atoms with Gasteiger partial charge in [0.1, 0.15) is 0 Å². The van der Waals surface area contributed by atoms with Gasteiger partial charge in [-0.25, -0.2) is 15.0 Å². The highest BCUT2D eigenvalue weighted by Gasteiger charge is 2.39. The number of hydrogen-bond acceptors (Lipinski definition) is 8. The van der Waals surface area contributed by atoms with Crippen LogP contribution in [0.2, 0.25) is 0 Å². The lowest BCUT2D eigenvalue weighted by Gasteiger charge is -2.40. The lowest BCUT2D eigenvalue weighted by molar-refractivity contribution is -0.118. The van der Waals surface area contributed by atoms with Crippen molar-refractivity contribution >= 4 is 29.0 Å². The number of nitrogens with zero attached hydrogens (tertiary/aromatic N) is 6. The van der Waals surface area contributed by atoms with Gasteiger partial charge in [-0.15, -0.1) is 0 Å². The van der Waals surface area contributed by atoms with E-state index in [-0.39, 0.29) is 18.1 Å². The molecule has 2 aromatic rings. The SMILES string of the molecule is CCOC1CCC(N2C(=O)CN(C)c3cnc(N(c4ccccc4)N4CCNCC4)nc32)C1. The molecule has 9 heteroatoms. The van der Waals surface area contributed by atoms with E-state index in [4.69, 9.17) is 14.7 Å². The number of piperazine rings is 1. The summed E-state index contributed by atoms with van der Waals surface area (Å²) in [6.07, 6.45) is 4.83. The number of para-hydroxylation sites is 1. The van der Waals surface area contributed by atoms with Crippen LogP contribution in [0, 0.1) is 0 Å². The molecule has 3 aliphatic rings. The van der Waals surface area contributed by atoms with Gasteiger partial charge in [0.25, 0.3) is 0 Å². The average molecular weight is 452 g/mol. The number of fused-ring (bicyclic) bond motifs is 1. The Balaban J connectivity index is 1.53. The van der Waals surface area contributed by atoms with E-state index in [0.29, 0.717) is 24.9 Å². The Labute approximate surface area is 195 Å². The van der Waals surface area contributed by atoms with Crippen LogP contribution in [0.5, 0.6) is 0 Å². The van der Waals surface area contributed by atoms with E-state index in [1.807, 2.05) is 48.2 Å². The van der Waals surface area contributed by atoms with E-state index in [0.717, 1.165) is 56.8 Å². The van der Waals surface area contributed by atoms with Gasteiger partial charge in [0.15, 0.2) is 5.82 Å². The van der Waals surface area contributed by atoms with E-state index in [1.165, 1.54) is 0 Å². The Morgan fingerprint density at radius 1 is 1.18 bits per heavy atom. The van der Waals surface area contributed by atoms with Crippen LogP contribution in [0.1, 0.15) is 26.2 Å². The number of hydrazine groups is 1. The number of amides is 1. The number of likely N-dealkylation sites (N-methyl/N-ethyl adjacent to an activating group) is 1. The lowest BCUT2D eigenvalue weighted by atomic mass is 10.1. The van der Waals surface area contributed by atoms with Crippen LogP contribution in [0.3, 0.4) is 0 Å². The van der Waals surface area contributed by atoms with Crippen molar-refractivity contribution in [2.24, 2.45) is 0 Å². The molecule has 1 amide bonds. The first-order valence-electron chi connectivity index (χ1n) is 12.0. The average Bonchev–Trinajstić information content (AvgIpc) is 3.29. The minimum Gasteiger partial charge on any atom is -0.378 e. The molecule has 1 aliphatic carbocycles. The summed E-state index contributed by atoms with van der Waals surface area (Å²) in [6, 6.07) is 10.3. The molecule has 3 heterocycles. The number of nitrogens with one attached hydrogen (secondary N) is 1. The zero-order valence-corrected chi connectivity index (χ0v) is 19.5. The van der Waals surface area contributed by atoms with Gasteiger partial charge in [-0.2, -0.15) is 4.98 Å². The summed E-state index contributed by atoms with van der Waals surface area (Å²) in [6.45, 7) is 6.59. The third-order valence-electron chi connectivity index (χ3n) is 6.71. The maximum absolute atomic E-state index is 13.2. The van der Waals surface area contributed by atoms with E-state index in [9.17, 15) is 4.79 Å². The molecule has 1 saturated carbocycles. The Kier molecular flexibility index (Phi) is 6.43. The quantitative estimate of drug-likeness (QED) is 0.716. The molecule has 1 saturated heterocycles. The standard InChI is InChI=1S/C24H33N7O2/c1-3-33-20-10-9-19(15-20)30-22(32)17-28(2)21-16-26-24(27-23(21)30)31(18-7-5-4-6-8-18)29-13-11-25-12-14-29/h4-8,16,19-20,25H,3,9-15,17H2,1-2H3. The van der Waals surface area contributed by atoms with Crippen molar-refractivity contribution in [3.8, 4) is 0 Å². The van der Waals surface area contributed by atoms with E-state index in [2.05, 4.69) is 27.5 Å². The number of anilines is 4. The molecule has 2 fully saturated rings. The zero-order valence-electron chi connectivity index (χ0n) is 19.5. The van der Waals surface area contributed by atoms with E-state index in [1.54, 1.807) is 0 Å². The van der Waals surface area contributed by atoms with Crippen molar-refractivity contribution in [2.45, 2.75) is 38.3 Å². The molecular formula is C24H33N7O2. The molecule has 2 aliphatic heterocycles. The van der Waals surface area contributed by atoms with Gasteiger partial charge in [0.2, 0.25) is 11.9 Å². The van der Waals surface area contributed by atoms with Crippen LogP contribution in [-0.4, -0.2) is 79.4 Å². The third-order valence-corrected chi connectivity index (χ3v) is 6.71. The minimum atomic E-state index is 0.0882. The molecule has 2 unspecified atom stereocenters. The molecule has 0 spiro atoms. The summed E-state index contributed by atoms with van der Waals surface area (Å²) < 4.78 is 5.87. The molecular weight excluding hydrogens is 418 g/mol. The number of aromatic nitrogens is 2. The molecule has 0 bridgehead atoms. The van der Waals surface area contributed by atoms with Gasteiger partial charge in [-0.3, -0.25) is 9.69 Å². The second-order valence-electron chi connectivity index (χ2n) is 8.89. The monoisotopic (exact) mass is 451 g/mol. The molecule has 9 nitrogen and oxygen atoms in total. The van der Waals surface area contributed by atoms with Crippen molar-refractivity contribution < 1.29 is 9.53 Å². The predicted molar refractivity (Wildman–Crippen MR) is 129 cm³/mol. The van der Waals surface area contributed by atoms with Crippen molar-refractivity contribution in [3.63, 3.8) is 0 Å². The predicted octanol–water partition coefficient (Wildman–Crippen LogP) is 2.18. The fourth-order valence-electron chi connectivity index (χ4n) is 5.13. The molecule has 176 valence electrons. The van der Waals surface area contributed by atoms with Crippen LogP contribution < -0.4 is 20.1 Å². The fourth-order valence-corrected chi connectivity index (χ4v) is 5.13. The van der Waals surface area contributed by atoms with Crippen LogP contribution in [-0.2, 0) is 9.53 Å². The molecule has 1 N–H and O–H groups in total. The third kappa shape index (κ3) is 4.40. The van der Waals surface area contributed by atoms with Crippen molar-refractivity contribution in [3.05, 3.63) is 36.5 Å². The van der Waals surface area contributed by atoms with E-state index < -0.39 is 0 Å². The lowest BCUT2D eigenvalue weighted by Crippen LogP contribution is -2.52. The van der Waals surface area contributed by atoms with Crippen LogP contribution in [0.15, 0.2) is 36.5 Å². The summed E-state index contributed by atoms with van der Waals surface area (Å²) in [5.74, 6) is 1.39. The number of carbonyl (C=O) groups is 1. The molecule has 1 aromatic heterocycles. The van der Waals surface area contributed by atoms with Crippen LogP contribution in [0.4, 0.5) is 23.1 Å². The number of benzene rings is 1. The highest BCUT2D eigenvalue weighted by Crippen LogP contribution is 2.38. The second-order valence-corrected chi connectivity index (χ2v) is 8.89. The molecule has 1 aromatic carbocycles. The molecule has 33 heavy (non-hydrogen) atoms. The maximum atomic E-state index is 13.2. The summed E-state index contributed by atoms with van der Waals surface area (Å²) in [5.41, 5.74) is 1.91. The van der Waals surface area contributed by atoms with Gasteiger partial charge in [-0.05, 0) is 38.3 Å². The first-order chi connectivity index (χ1) is 16.2. The minimum absolute atomic E-state index is 0.0882. The van der Waals surface area contributed by atoms with E-state index >= 15 is 0 Å². The van der Waals surface area contributed by atoms with Crippen molar-refractivity contribution in [2.75, 3.05) is 61.2 Å². The first-order valence-corrected chi connectivity index (χ1v) is 12.0. The summed E-state index contributed by atoms with van der Waals surface area (Å²) in [7, 11) is 1.93. The fraction of sp³-hybridized carbons (Fsp3) is 0.542. The van der Waals surface area contributed by atoms with Crippen molar-refractivity contribution in [1.29, 1.82) is 0 Å². The Bertz CT molecular complexity index is 967. The van der Waals surface area contributed by atoms with Crippen LogP contribution >= 0.6 is 0 Å². The molecule has 0 radical (unpaired) electrons. The maximum Gasteiger partial charge on any atom is 0.247 e. The first kappa shape index (κ1) is 22.1. The smallest absolute Gasteiger partial charge is 0.247 e. The zero-order chi connectivity index (χ0) is 22.8. The Hall–Kier alpha value is -2.75. The topological polar surface area (TPSA) is 77.1 Å². The summed E-state index contributed by atoms with van der Waals surface area (Å²) >= 11 is 0. The summed E-state index contributed by atoms with van der Waals surface area (Å²) in [5, 5.41) is 7.78. The number of carbonyl (C=O) groups excluding carboxylic acids is 1.